The lowest BCUT2D eigenvalue weighted by Crippen LogP contribution is -2.49. The van der Waals surface area contributed by atoms with E-state index in [4.69, 9.17) is 4.74 Å². The molecular weight excluding hydrogens is 267 g/mol. The Kier molecular flexibility index (Phi) is 5.00. The molecule has 1 N–H and O–H groups in total. The third-order valence-corrected chi connectivity index (χ3v) is 5.00. The maximum Gasteiger partial charge on any atom is 0.391 e. The van der Waals surface area contributed by atoms with Crippen LogP contribution in [0.15, 0.2) is 0 Å². The molecule has 0 aromatic rings. The van der Waals surface area contributed by atoms with Crippen LogP contribution in [0.5, 0.6) is 0 Å². The van der Waals surface area contributed by atoms with E-state index in [1.165, 1.54) is 0 Å². The Bertz CT molecular complexity index is 313. The van der Waals surface area contributed by atoms with E-state index in [-0.39, 0.29) is 24.5 Å². The number of hydrogen-bond donors (Lipinski definition) is 1. The topological polar surface area (TPSA) is 21.3 Å². The molecule has 5 heteroatoms. The number of hydrogen-bond acceptors (Lipinski definition) is 2. The molecule has 2 aliphatic rings. The van der Waals surface area contributed by atoms with Crippen molar-refractivity contribution < 1.29 is 17.9 Å². The standard InChI is InChI=1S/C15H26F3NO/c1-3-14(2)10-13(8-9-20-14)19-12-6-4-11(5-7-12)15(16,17)18/h11-13,19H,3-10H2,1-2H3. The van der Waals surface area contributed by atoms with Crippen LogP contribution in [0.1, 0.15) is 58.8 Å². The van der Waals surface area contributed by atoms with E-state index in [0.29, 0.717) is 18.9 Å². The summed E-state index contributed by atoms with van der Waals surface area (Å²) in [5.74, 6) is -1.09. The highest BCUT2D eigenvalue weighted by molar-refractivity contribution is 4.89. The van der Waals surface area contributed by atoms with Crippen LogP contribution in [0.4, 0.5) is 13.2 Å². The van der Waals surface area contributed by atoms with Crippen molar-refractivity contribution in [2.24, 2.45) is 5.92 Å². The molecule has 1 heterocycles. The van der Waals surface area contributed by atoms with Crippen LogP contribution in [-0.4, -0.2) is 30.5 Å². The zero-order chi connectivity index (χ0) is 14.8. The van der Waals surface area contributed by atoms with Gasteiger partial charge >= 0.3 is 6.18 Å². The quantitative estimate of drug-likeness (QED) is 0.847. The van der Waals surface area contributed by atoms with Gasteiger partial charge in [-0.2, -0.15) is 13.2 Å². The van der Waals surface area contributed by atoms with Gasteiger partial charge in [-0.05, 0) is 51.9 Å². The Morgan fingerprint density at radius 1 is 1.10 bits per heavy atom. The lowest BCUT2D eigenvalue weighted by Gasteiger charge is -2.40. The third-order valence-electron chi connectivity index (χ3n) is 5.00. The maximum atomic E-state index is 12.6. The second-order valence-corrected chi connectivity index (χ2v) is 6.60. The van der Waals surface area contributed by atoms with E-state index in [1.54, 1.807) is 0 Å². The summed E-state index contributed by atoms with van der Waals surface area (Å²) in [4.78, 5) is 0. The van der Waals surface area contributed by atoms with Gasteiger partial charge in [-0.25, -0.2) is 0 Å². The first-order valence-corrected chi connectivity index (χ1v) is 7.79. The molecule has 0 aromatic heterocycles. The summed E-state index contributed by atoms with van der Waals surface area (Å²) in [6.45, 7) is 5.00. The number of rotatable bonds is 3. The number of halogens is 3. The molecule has 0 radical (unpaired) electrons. The zero-order valence-electron chi connectivity index (χ0n) is 12.4. The minimum absolute atomic E-state index is 0.0703. The van der Waals surface area contributed by atoms with E-state index in [9.17, 15) is 13.2 Å². The molecule has 2 unspecified atom stereocenters. The average molecular weight is 293 g/mol. The minimum atomic E-state index is -4.01. The summed E-state index contributed by atoms with van der Waals surface area (Å²) in [5, 5.41) is 3.57. The van der Waals surface area contributed by atoms with Crippen molar-refractivity contribution in [3.63, 3.8) is 0 Å². The Morgan fingerprint density at radius 3 is 2.30 bits per heavy atom. The van der Waals surface area contributed by atoms with Crippen molar-refractivity contribution in [1.29, 1.82) is 0 Å². The Balaban J connectivity index is 1.78. The summed E-state index contributed by atoms with van der Waals surface area (Å²) < 4.78 is 43.7. The molecule has 2 atom stereocenters. The molecule has 0 spiro atoms. The molecule has 0 aromatic carbocycles. The maximum absolute atomic E-state index is 12.6. The molecule has 0 amide bonds. The lowest BCUT2D eigenvalue weighted by atomic mass is 9.84. The Labute approximate surface area is 119 Å². The minimum Gasteiger partial charge on any atom is -0.375 e. The zero-order valence-corrected chi connectivity index (χ0v) is 12.4. The van der Waals surface area contributed by atoms with E-state index in [2.05, 4.69) is 19.2 Å². The highest BCUT2D eigenvalue weighted by Gasteiger charge is 2.42. The van der Waals surface area contributed by atoms with Crippen LogP contribution in [-0.2, 0) is 4.74 Å². The first-order valence-electron chi connectivity index (χ1n) is 7.79. The highest BCUT2D eigenvalue weighted by atomic mass is 19.4. The smallest absolute Gasteiger partial charge is 0.375 e. The van der Waals surface area contributed by atoms with Crippen LogP contribution >= 0.6 is 0 Å². The monoisotopic (exact) mass is 293 g/mol. The SMILES string of the molecule is CCC1(C)CC(NC2CCC(C(F)(F)F)CC2)CCO1. The molecule has 2 rings (SSSR count). The molecule has 2 nitrogen and oxygen atoms in total. The number of nitrogens with one attached hydrogen (secondary N) is 1. The summed E-state index contributed by atoms with van der Waals surface area (Å²) in [6.07, 6.45) is 0.730. The molecule has 1 aliphatic heterocycles. The number of ether oxygens (including phenoxy) is 1. The molecule has 1 saturated carbocycles. The van der Waals surface area contributed by atoms with Gasteiger partial charge in [0.05, 0.1) is 11.5 Å². The van der Waals surface area contributed by atoms with Gasteiger partial charge in [-0.3, -0.25) is 0 Å². The first kappa shape index (κ1) is 16.1. The molecular formula is C15H26F3NO. The van der Waals surface area contributed by atoms with Gasteiger partial charge < -0.3 is 10.1 Å². The van der Waals surface area contributed by atoms with E-state index in [1.807, 2.05) is 0 Å². The molecule has 0 bridgehead atoms. The summed E-state index contributed by atoms with van der Waals surface area (Å²) >= 11 is 0. The fourth-order valence-electron chi connectivity index (χ4n) is 3.44. The fourth-order valence-corrected chi connectivity index (χ4v) is 3.44. The predicted octanol–water partition coefficient (Wildman–Crippen LogP) is 4.04. The first-order chi connectivity index (χ1) is 9.32. The molecule has 118 valence electrons. The van der Waals surface area contributed by atoms with Crippen molar-refractivity contribution in [2.45, 2.75) is 82.7 Å². The van der Waals surface area contributed by atoms with Crippen molar-refractivity contribution in [3.8, 4) is 0 Å². The van der Waals surface area contributed by atoms with Crippen LogP contribution in [0.25, 0.3) is 0 Å². The van der Waals surface area contributed by atoms with Gasteiger partial charge in [0.1, 0.15) is 0 Å². The predicted molar refractivity (Wildman–Crippen MR) is 72.6 cm³/mol. The van der Waals surface area contributed by atoms with Gasteiger partial charge in [-0.1, -0.05) is 6.92 Å². The lowest BCUT2D eigenvalue weighted by molar-refractivity contribution is -0.183. The van der Waals surface area contributed by atoms with Crippen LogP contribution in [0.3, 0.4) is 0 Å². The van der Waals surface area contributed by atoms with Gasteiger partial charge in [-0.15, -0.1) is 0 Å². The van der Waals surface area contributed by atoms with Crippen LogP contribution in [0, 0.1) is 5.92 Å². The normalized spacial score (nSPS) is 39.8. The third kappa shape index (κ3) is 4.10. The molecule has 1 aliphatic carbocycles. The Hall–Kier alpha value is -0.290. The fraction of sp³-hybridized carbons (Fsp3) is 1.00. The van der Waals surface area contributed by atoms with E-state index >= 15 is 0 Å². The molecule has 1 saturated heterocycles. The van der Waals surface area contributed by atoms with Crippen molar-refractivity contribution in [2.75, 3.05) is 6.61 Å². The summed E-state index contributed by atoms with van der Waals surface area (Å²) in [5.41, 5.74) is -0.0703. The Morgan fingerprint density at radius 2 is 1.75 bits per heavy atom. The molecule has 20 heavy (non-hydrogen) atoms. The van der Waals surface area contributed by atoms with E-state index in [0.717, 1.165) is 25.9 Å². The van der Waals surface area contributed by atoms with Gasteiger partial charge in [0.25, 0.3) is 0 Å². The van der Waals surface area contributed by atoms with Crippen molar-refractivity contribution >= 4 is 0 Å². The van der Waals surface area contributed by atoms with Gasteiger partial charge in [0.15, 0.2) is 0 Å². The largest absolute Gasteiger partial charge is 0.391 e. The summed E-state index contributed by atoms with van der Waals surface area (Å²) in [7, 11) is 0. The highest BCUT2D eigenvalue weighted by Crippen LogP contribution is 2.38. The molecule has 2 fully saturated rings. The average Bonchev–Trinajstić information content (AvgIpc) is 2.38. The number of alkyl halides is 3. The van der Waals surface area contributed by atoms with Gasteiger partial charge in [0.2, 0.25) is 0 Å². The van der Waals surface area contributed by atoms with Crippen molar-refractivity contribution in [3.05, 3.63) is 0 Å². The summed E-state index contributed by atoms with van der Waals surface area (Å²) in [6, 6.07) is 0.638. The van der Waals surface area contributed by atoms with Crippen LogP contribution < -0.4 is 5.32 Å². The van der Waals surface area contributed by atoms with Crippen molar-refractivity contribution in [1.82, 2.24) is 5.32 Å². The van der Waals surface area contributed by atoms with Crippen LogP contribution in [0.2, 0.25) is 0 Å². The second-order valence-electron chi connectivity index (χ2n) is 6.60. The second kappa shape index (κ2) is 6.22. The van der Waals surface area contributed by atoms with E-state index < -0.39 is 12.1 Å². The van der Waals surface area contributed by atoms with Gasteiger partial charge in [0, 0.05) is 18.7 Å².